The molecule has 6 heterocycles. The summed E-state index contributed by atoms with van der Waals surface area (Å²) in [5.74, 6) is -1.49. The number of anilines is 1. The summed E-state index contributed by atoms with van der Waals surface area (Å²) in [6.07, 6.45) is -3.86. The number of rotatable bonds is 9. The maximum Gasteiger partial charge on any atom is 0.451 e. The zero-order valence-electron chi connectivity index (χ0n) is 26.3. The van der Waals surface area contributed by atoms with Crippen LogP contribution >= 0.6 is 11.6 Å². The van der Waals surface area contributed by atoms with Gasteiger partial charge in [-0.05, 0) is 44.5 Å². The van der Waals surface area contributed by atoms with Crippen molar-refractivity contribution in [3.63, 3.8) is 0 Å². The fraction of sp³-hybridized carbons (Fsp3) is 0.419. The molecule has 1 aromatic carbocycles. The zero-order valence-corrected chi connectivity index (χ0v) is 27.1. The number of hydrogen-bond donors (Lipinski definition) is 1. The van der Waals surface area contributed by atoms with E-state index >= 15 is 4.39 Å². The Morgan fingerprint density at radius 1 is 1.02 bits per heavy atom. The molecule has 12 nitrogen and oxygen atoms in total. The Kier molecular flexibility index (Phi) is 8.60. The standard InChI is InChI=1S/C31H30ClF5N10O2/c1-30(2)16-45(27-20(33)5-6-25(39-27)49-15-17-3-4-18(32)11-21(17)34)8-9-46(30)14-24-38-23-12-22(26-40-29(44-42-26)31(35,36)37)41-43-28(23)47(24)13-19-7-10-48-19/h3-6,11-12,19H,7-10,13-16H2,1-2H3,(H,40,42,44)/t19-/m0/s1. The molecule has 0 radical (unpaired) electrons. The van der Waals surface area contributed by atoms with Crippen molar-refractivity contribution in [3.05, 3.63) is 70.3 Å². The predicted molar refractivity (Wildman–Crippen MR) is 167 cm³/mol. The molecular weight excluding hydrogens is 675 g/mol. The highest BCUT2D eigenvalue weighted by atomic mass is 35.5. The van der Waals surface area contributed by atoms with Crippen LogP contribution in [0.25, 0.3) is 22.7 Å². The molecule has 7 rings (SSSR count). The Morgan fingerprint density at radius 3 is 2.53 bits per heavy atom. The Hall–Kier alpha value is -4.48. The van der Waals surface area contributed by atoms with Gasteiger partial charge in [0.1, 0.15) is 29.5 Å². The van der Waals surface area contributed by atoms with Crippen molar-refractivity contribution in [1.29, 1.82) is 0 Å². The predicted octanol–water partition coefficient (Wildman–Crippen LogP) is 5.43. The van der Waals surface area contributed by atoms with E-state index in [1.807, 2.05) is 23.3 Å². The van der Waals surface area contributed by atoms with Gasteiger partial charge in [-0.2, -0.15) is 18.2 Å². The van der Waals surface area contributed by atoms with Crippen LogP contribution in [0.2, 0.25) is 5.02 Å². The molecular formula is C31H30ClF5N10O2. The van der Waals surface area contributed by atoms with Crippen LogP contribution in [-0.4, -0.2) is 82.7 Å². The minimum atomic E-state index is -4.69. The van der Waals surface area contributed by atoms with Crippen molar-refractivity contribution in [2.75, 3.05) is 31.1 Å². The molecule has 0 spiro atoms. The second kappa shape index (κ2) is 12.8. The van der Waals surface area contributed by atoms with Crippen LogP contribution in [0.5, 0.6) is 5.88 Å². The summed E-state index contributed by atoms with van der Waals surface area (Å²) in [4.78, 5) is 15.4. The van der Waals surface area contributed by atoms with E-state index in [0.717, 1.165) is 6.42 Å². The zero-order chi connectivity index (χ0) is 34.5. The average molecular weight is 705 g/mol. The normalized spacial score (nSPS) is 18.2. The fourth-order valence-corrected chi connectivity index (χ4v) is 6.04. The first-order valence-corrected chi connectivity index (χ1v) is 15.8. The number of alkyl halides is 3. The number of hydrogen-bond acceptors (Lipinski definition) is 10. The first-order chi connectivity index (χ1) is 23.3. The van der Waals surface area contributed by atoms with Gasteiger partial charge in [0.2, 0.25) is 11.7 Å². The summed E-state index contributed by atoms with van der Waals surface area (Å²) in [5, 5.41) is 15.5. The van der Waals surface area contributed by atoms with E-state index in [4.69, 9.17) is 26.1 Å². The lowest BCUT2D eigenvalue weighted by Crippen LogP contribution is -2.59. The van der Waals surface area contributed by atoms with Gasteiger partial charge in [-0.1, -0.05) is 17.7 Å². The number of fused-ring (bicyclic) bond motifs is 1. The third-order valence-electron chi connectivity index (χ3n) is 8.65. The first kappa shape index (κ1) is 33.0. The van der Waals surface area contributed by atoms with Gasteiger partial charge >= 0.3 is 6.18 Å². The molecule has 2 saturated heterocycles. The van der Waals surface area contributed by atoms with Gasteiger partial charge in [0, 0.05) is 48.4 Å². The highest BCUT2D eigenvalue weighted by Crippen LogP contribution is 2.31. The first-order valence-electron chi connectivity index (χ1n) is 15.4. The fourth-order valence-electron chi connectivity index (χ4n) is 5.88. The minimum absolute atomic E-state index is 0.0363. The lowest BCUT2D eigenvalue weighted by molar-refractivity contribution is -0.144. The van der Waals surface area contributed by atoms with Gasteiger partial charge in [-0.15, -0.1) is 20.4 Å². The van der Waals surface area contributed by atoms with Crippen molar-refractivity contribution in [2.45, 2.75) is 57.8 Å². The van der Waals surface area contributed by atoms with E-state index in [0.29, 0.717) is 56.3 Å². The molecule has 5 aromatic rings. The molecule has 1 atom stereocenters. The van der Waals surface area contributed by atoms with Gasteiger partial charge < -0.3 is 23.9 Å². The van der Waals surface area contributed by atoms with Crippen molar-refractivity contribution >= 4 is 28.6 Å². The number of benzene rings is 1. The number of halogens is 6. The van der Waals surface area contributed by atoms with Gasteiger partial charge in [-0.3, -0.25) is 4.90 Å². The van der Waals surface area contributed by atoms with Crippen LogP contribution in [0.3, 0.4) is 0 Å². The molecule has 2 aliphatic rings. The van der Waals surface area contributed by atoms with Crippen molar-refractivity contribution < 1.29 is 31.4 Å². The molecule has 0 unspecified atom stereocenters. The number of H-pyrrole nitrogens is 1. The molecule has 1 N–H and O–H groups in total. The molecule has 0 saturated carbocycles. The molecule has 4 aromatic heterocycles. The number of piperazine rings is 1. The van der Waals surface area contributed by atoms with E-state index in [-0.39, 0.29) is 46.5 Å². The molecule has 18 heteroatoms. The van der Waals surface area contributed by atoms with Crippen LogP contribution in [0.4, 0.5) is 27.8 Å². The van der Waals surface area contributed by atoms with Crippen molar-refractivity contribution in [1.82, 2.24) is 44.8 Å². The Labute approximate surface area is 281 Å². The number of aromatic amines is 1. The number of ether oxygens (including phenoxy) is 2. The molecule has 2 fully saturated rings. The van der Waals surface area contributed by atoms with Crippen LogP contribution in [0, 0.1) is 11.6 Å². The summed E-state index contributed by atoms with van der Waals surface area (Å²) in [6.45, 7) is 6.85. The smallest absolute Gasteiger partial charge is 0.451 e. The van der Waals surface area contributed by atoms with E-state index < -0.39 is 29.2 Å². The van der Waals surface area contributed by atoms with Crippen molar-refractivity contribution in [2.24, 2.45) is 0 Å². The van der Waals surface area contributed by atoms with Crippen LogP contribution in [-0.2, 0) is 30.6 Å². The largest absolute Gasteiger partial charge is 0.473 e. The third-order valence-corrected chi connectivity index (χ3v) is 8.88. The second-order valence-electron chi connectivity index (χ2n) is 12.5. The Bertz CT molecular complexity index is 2000. The molecule has 258 valence electrons. The van der Waals surface area contributed by atoms with Crippen molar-refractivity contribution in [3.8, 4) is 17.4 Å². The number of imidazole rings is 1. The van der Waals surface area contributed by atoms with E-state index in [9.17, 15) is 17.6 Å². The molecule has 0 aliphatic carbocycles. The van der Waals surface area contributed by atoms with Gasteiger partial charge in [-0.25, -0.2) is 13.8 Å². The number of aromatic nitrogens is 8. The van der Waals surface area contributed by atoms with Gasteiger partial charge in [0.25, 0.3) is 0 Å². The summed E-state index contributed by atoms with van der Waals surface area (Å²) in [5.41, 5.74) is 0.762. The number of pyridine rings is 1. The van der Waals surface area contributed by atoms with E-state index in [1.54, 1.807) is 6.07 Å². The number of nitrogens with zero attached hydrogens (tertiary/aromatic N) is 9. The summed E-state index contributed by atoms with van der Waals surface area (Å²) in [6, 6.07) is 8.48. The number of nitrogens with one attached hydrogen (secondary N) is 1. The lowest BCUT2D eigenvalue weighted by Gasteiger charge is -2.47. The minimum Gasteiger partial charge on any atom is -0.473 e. The molecule has 49 heavy (non-hydrogen) atoms. The Morgan fingerprint density at radius 2 is 1.84 bits per heavy atom. The van der Waals surface area contributed by atoms with Crippen LogP contribution in [0.1, 0.15) is 37.5 Å². The lowest BCUT2D eigenvalue weighted by atomic mass is 9.98. The molecule has 0 amide bonds. The SMILES string of the molecule is CC1(C)CN(c2nc(OCc3ccc(Cl)cc3F)ccc2F)CCN1Cc1nc2cc(-c3nnc(C(F)(F)F)[nH]3)nnc2n1C[C@@H]1CCO1. The summed E-state index contributed by atoms with van der Waals surface area (Å²) >= 11 is 5.84. The second-order valence-corrected chi connectivity index (χ2v) is 12.9. The maximum absolute atomic E-state index is 15.1. The highest BCUT2D eigenvalue weighted by molar-refractivity contribution is 6.30. The van der Waals surface area contributed by atoms with E-state index in [2.05, 4.69) is 35.3 Å². The summed E-state index contributed by atoms with van der Waals surface area (Å²) in [7, 11) is 0. The van der Waals surface area contributed by atoms with Gasteiger partial charge in [0.05, 0.1) is 19.2 Å². The summed E-state index contributed by atoms with van der Waals surface area (Å²) < 4.78 is 81.9. The highest BCUT2D eigenvalue weighted by Gasteiger charge is 2.37. The average Bonchev–Trinajstić information content (AvgIpc) is 3.65. The topological polar surface area (TPSA) is 123 Å². The van der Waals surface area contributed by atoms with Gasteiger partial charge in [0.15, 0.2) is 23.1 Å². The Balaban J connectivity index is 1.10. The molecule has 0 bridgehead atoms. The maximum atomic E-state index is 15.1. The monoisotopic (exact) mass is 704 g/mol. The van der Waals surface area contributed by atoms with Crippen LogP contribution < -0.4 is 9.64 Å². The third kappa shape index (κ3) is 6.87. The van der Waals surface area contributed by atoms with Crippen LogP contribution in [0.15, 0.2) is 36.4 Å². The quantitative estimate of drug-likeness (QED) is 0.199. The molecule has 2 aliphatic heterocycles. The van der Waals surface area contributed by atoms with E-state index in [1.165, 1.54) is 30.3 Å².